The van der Waals surface area contributed by atoms with E-state index in [9.17, 15) is 8.76 Å². The number of hydrogen-bond donors (Lipinski definition) is 0. The quantitative estimate of drug-likeness (QED) is 0.689. The van der Waals surface area contributed by atoms with Gasteiger partial charge in [-0.15, -0.1) is 0 Å². The average molecular weight is 197 g/mol. The van der Waals surface area contributed by atoms with E-state index in [1.807, 2.05) is 24.3 Å². The Balaban J connectivity index is 2.54. The first-order valence-corrected chi connectivity index (χ1v) is 5.60. The first kappa shape index (κ1) is 10.4. The van der Waals surface area contributed by atoms with Crippen molar-refractivity contribution in [1.82, 2.24) is 0 Å². The molecule has 72 valence electrons. The Kier molecular flexibility index (Phi) is 4.12. The molecule has 0 saturated carbocycles. The summed E-state index contributed by atoms with van der Waals surface area (Å²) in [6.07, 6.45) is 1.63. The van der Waals surface area contributed by atoms with Gasteiger partial charge in [0.15, 0.2) is 0 Å². The van der Waals surface area contributed by atoms with E-state index in [0.29, 0.717) is 6.42 Å². The Morgan fingerprint density at radius 2 is 1.77 bits per heavy atom. The first-order valence-electron chi connectivity index (χ1n) is 4.36. The van der Waals surface area contributed by atoms with Crippen LogP contribution >= 0.6 is 0 Å². The molecule has 1 unspecified atom stereocenters. The van der Waals surface area contributed by atoms with Crippen LogP contribution < -0.4 is 0 Å². The summed E-state index contributed by atoms with van der Waals surface area (Å²) >= 11 is -1.92. The fraction of sp³-hybridized carbons (Fsp3) is 0.400. The summed E-state index contributed by atoms with van der Waals surface area (Å²) < 4.78 is 20.6. The Morgan fingerprint density at radius 3 is 2.23 bits per heavy atom. The zero-order chi connectivity index (χ0) is 9.68. The zero-order valence-corrected chi connectivity index (χ0v) is 8.47. The van der Waals surface area contributed by atoms with E-state index >= 15 is 0 Å². The summed E-state index contributed by atoms with van der Waals surface area (Å²) in [5.74, 6) is 0.214. The van der Waals surface area contributed by atoms with Crippen LogP contribution in [0.15, 0.2) is 24.3 Å². The van der Waals surface area contributed by atoms with Crippen LogP contribution in [0, 0.1) is 0 Å². The van der Waals surface area contributed by atoms with Crippen LogP contribution in [0.4, 0.5) is 0 Å². The number of benzene rings is 1. The molecule has 0 saturated heterocycles. The molecule has 0 aliphatic heterocycles. The second kappa shape index (κ2) is 5.14. The summed E-state index contributed by atoms with van der Waals surface area (Å²) in [5.41, 5.74) is 2.37. The molecule has 1 rings (SSSR count). The Bertz CT molecular complexity index is 279. The molecule has 0 fully saturated rings. The summed E-state index contributed by atoms with van der Waals surface area (Å²) in [5, 5.41) is 0. The van der Waals surface area contributed by atoms with Crippen LogP contribution in [-0.2, 0) is 23.9 Å². The van der Waals surface area contributed by atoms with Gasteiger partial charge in [-0.2, -0.15) is 0 Å². The van der Waals surface area contributed by atoms with Crippen LogP contribution in [0.5, 0.6) is 0 Å². The van der Waals surface area contributed by atoms with E-state index in [1.54, 1.807) is 0 Å². The van der Waals surface area contributed by atoms with Crippen molar-refractivity contribution in [2.24, 2.45) is 0 Å². The molecule has 13 heavy (non-hydrogen) atoms. The lowest BCUT2D eigenvalue weighted by atomic mass is 10.1. The highest BCUT2D eigenvalue weighted by Gasteiger charge is 1.93. The van der Waals surface area contributed by atoms with Crippen molar-refractivity contribution in [2.45, 2.75) is 19.8 Å². The van der Waals surface area contributed by atoms with Gasteiger partial charge in [-0.3, -0.25) is 4.21 Å². The molecule has 1 aromatic carbocycles. The normalized spacial score (nSPS) is 12.8. The van der Waals surface area contributed by atoms with Gasteiger partial charge in [0.25, 0.3) is 0 Å². The molecular weight excluding hydrogens is 184 g/mol. The molecular formula is C10H13O2S-. The number of rotatable bonds is 4. The molecule has 0 N–H and O–H groups in total. The predicted molar refractivity (Wildman–Crippen MR) is 53.3 cm³/mol. The largest absolute Gasteiger partial charge is 0.772 e. The maximum absolute atomic E-state index is 10.3. The maximum Gasteiger partial charge on any atom is 0.0142 e. The molecule has 0 radical (unpaired) electrons. The molecule has 0 spiro atoms. The van der Waals surface area contributed by atoms with E-state index in [4.69, 9.17) is 0 Å². The minimum atomic E-state index is -1.92. The highest BCUT2D eigenvalue weighted by atomic mass is 32.2. The summed E-state index contributed by atoms with van der Waals surface area (Å²) in [4.78, 5) is 0. The van der Waals surface area contributed by atoms with Crippen molar-refractivity contribution < 1.29 is 8.76 Å². The molecule has 0 aliphatic rings. The molecule has 2 nitrogen and oxygen atoms in total. The van der Waals surface area contributed by atoms with E-state index in [0.717, 1.165) is 12.0 Å². The van der Waals surface area contributed by atoms with Gasteiger partial charge < -0.3 is 4.55 Å². The molecule has 1 aromatic rings. The van der Waals surface area contributed by atoms with Crippen molar-refractivity contribution in [2.75, 3.05) is 5.75 Å². The minimum absolute atomic E-state index is 0.214. The van der Waals surface area contributed by atoms with Gasteiger partial charge in [-0.25, -0.2) is 0 Å². The van der Waals surface area contributed by atoms with Crippen molar-refractivity contribution in [3.05, 3.63) is 35.4 Å². The summed E-state index contributed by atoms with van der Waals surface area (Å²) in [6, 6.07) is 8.07. The SMILES string of the molecule is CCc1ccc(CCS(=O)[O-])cc1. The smallest absolute Gasteiger partial charge is 0.0142 e. The number of aryl methyl sites for hydroxylation is 2. The standard InChI is InChI=1S/C10H14O2S/c1-2-9-3-5-10(6-4-9)7-8-13(11)12/h3-6H,2,7-8H2,1H3,(H,11,12)/p-1. The van der Waals surface area contributed by atoms with Crippen molar-refractivity contribution in [3.63, 3.8) is 0 Å². The van der Waals surface area contributed by atoms with E-state index < -0.39 is 11.1 Å². The molecule has 3 heteroatoms. The van der Waals surface area contributed by atoms with Gasteiger partial charge in [0.2, 0.25) is 0 Å². The van der Waals surface area contributed by atoms with Crippen molar-refractivity contribution in [3.8, 4) is 0 Å². The molecule has 0 amide bonds. The molecule has 0 aliphatic carbocycles. The third-order valence-corrected chi connectivity index (χ3v) is 2.53. The van der Waals surface area contributed by atoms with Gasteiger partial charge in [-0.05, 0) is 24.0 Å². The second-order valence-corrected chi connectivity index (χ2v) is 3.94. The minimum Gasteiger partial charge on any atom is -0.772 e. The third kappa shape index (κ3) is 3.70. The summed E-state index contributed by atoms with van der Waals surface area (Å²) in [6.45, 7) is 2.10. The molecule has 0 heterocycles. The van der Waals surface area contributed by atoms with Crippen molar-refractivity contribution >= 4 is 11.1 Å². The van der Waals surface area contributed by atoms with Gasteiger partial charge in [-0.1, -0.05) is 42.3 Å². The molecule has 0 aromatic heterocycles. The van der Waals surface area contributed by atoms with E-state index in [-0.39, 0.29) is 5.75 Å². The second-order valence-electron chi connectivity index (χ2n) is 2.93. The van der Waals surface area contributed by atoms with Crippen LogP contribution in [0.3, 0.4) is 0 Å². The van der Waals surface area contributed by atoms with Crippen LogP contribution in [0.2, 0.25) is 0 Å². The van der Waals surface area contributed by atoms with Gasteiger partial charge in [0.1, 0.15) is 0 Å². The lowest BCUT2D eigenvalue weighted by Crippen LogP contribution is -1.99. The lowest BCUT2D eigenvalue weighted by Gasteiger charge is -2.05. The Hall–Kier alpha value is -0.670. The highest BCUT2D eigenvalue weighted by Crippen LogP contribution is 2.05. The van der Waals surface area contributed by atoms with Crippen molar-refractivity contribution in [1.29, 1.82) is 0 Å². The monoisotopic (exact) mass is 197 g/mol. The summed E-state index contributed by atoms with van der Waals surface area (Å²) in [7, 11) is 0. The fourth-order valence-corrected chi connectivity index (χ4v) is 1.55. The van der Waals surface area contributed by atoms with Gasteiger partial charge in [0.05, 0.1) is 0 Å². The Morgan fingerprint density at radius 1 is 1.23 bits per heavy atom. The Labute approximate surface area is 81.3 Å². The zero-order valence-electron chi connectivity index (χ0n) is 7.66. The number of hydrogen-bond acceptors (Lipinski definition) is 2. The van der Waals surface area contributed by atoms with Gasteiger partial charge in [0, 0.05) is 5.75 Å². The third-order valence-electron chi connectivity index (χ3n) is 1.99. The highest BCUT2D eigenvalue weighted by molar-refractivity contribution is 7.79. The van der Waals surface area contributed by atoms with Crippen LogP contribution in [0.25, 0.3) is 0 Å². The lowest BCUT2D eigenvalue weighted by molar-refractivity contribution is 0.536. The van der Waals surface area contributed by atoms with Crippen LogP contribution in [0.1, 0.15) is 18.1 Å². The van der Waals surface area contributed by atoms with Gasteiger partial charge >= 0.3 is 0 Å². The van der Waals surface area contributed by atoms with E-state index in [1.165, 1.54) is 5.56 Å². The van der Waals surface area contributed by atoms with E-state index in [2.05, 4.69) is 6.92 Å². The average Bonchev–Trinajstić information content (AvgIpc) is 2.15. The maximum atomic E-state index is 10.3. The molecule has 1 atom stereocenters. The topological polar surface area (TPSA) is 40.1 Å². The molecule has 0 bridgehead atoms. The first-order chi connectivity index (χ1) is 6.22. The predicted octanol–water partition coefficient (Wildman–Crippen LogP) is 1.67. The fourth-order valence-electron chi connectivity index (χ4n) is 1.14. The van der Waals surface area contributed by atoms with Crippen LogP contribution in [-0.4, -0.2) is 14.5 Å².